The molecule has 2 aromatic carbocycles. The van der Waals surface area contributed by atoms with E-state index in [1.807, 2.05) is 67.6 Å². The van der Waals surface area contributed by atoms with Crippen LogP contribution in [0.4, 0.5) is 0 Å². The average molecular weight is 294 g/mol. The molecule has 4 heteroatoms. The van der Waals surface area contributed by atoms with E-state index in [9.17, 15) is 4.79 Å². The predicted molar refractivity (Wildman–Crippen MR) is 84.5 cm³/mol. The van der Waals surface area contributed by atoms with Gasteiger partial charge in [-0.3, -0.25) is 4.79 Å². The minimum absolute atomic E-state index is 0.0961. The molecular weight excluding hydrogens is 280 g/mol. The highest BCUT2D eigenvalue weighted by molar-refractivity contribution is 7.06. The van der Waals surface area contributed by atoms with Crippen molar-refractivity contribution in [3.63, 3.8) is 0 Å². The summed E-state index contributed by atoms with van der Waals surface area (Å²) < 4.78 is 4.04. The van der Waals surface area contributed by atoms with Crippen LogP contribution in [0.5, 0.6) is 0 Å². The number of hydrogen-bond donors (Lipinski definition) is 0. The van der Waals surface area contributed by atoms with Crippen LogP contribution in [0.15, 0.2) is 60.7 Å². The molecular formula is C17H14N2OS. The molecule has 0 aliphatic rings. The van der Waals surface area contributed by atoms with E-state index in [0.717, 1.165) is 21.7 Å². The van der Waals surface area contributed by atoms with Gasteiger partial charge in [-0.05, 0) is 11.5 Å². The Labute approximate surface area is 127 Å². The lowest BCUT2D eigenvalue weighted by Crippen LogP contribution is -2.09. The highest BCUT2D eigenvalue weighted by Gasteiger charge is 2.23. The molecule has 104 valence electrons. The van der Waals surface area contributed by atoms with Crippen LogP contribution < -0.4 is 0 Å². The minimum Gasteiger partial charge on any atom is -0.293 e. The van der Waals surface area contributed by atoms with E-state index in [1.165, 1.54) is 11.5 Å². The van der Waals surface area contributed by atoms with E-state index < -0.39 is 0 Å². The van der Waals surface area contributed by atoms with Gasteiger partial charge >= 0.3 is 0 Å². The summed E-state index contributed by atoms with van der Waals surface area (Å²) in [6.07, 6.45) is 0. The second-order valence-electron chi connectivity index (χ2n) is 4.80. The topological polar surface area (TPSA) is 42.9 Å². The molecule has 0 saturated carbocycles. The van der Waals surface area contributed by atoms with Gasteiger partial charge in [0.2, 0.25) is 0 Å². The maximum atomic E-state index is 12.6. The standard InChI is InChI=1S/C17H14N2OS/c1-12(16(20)14-10-6-3-7-11-14)17-15(18-19-21-17)13-8-4-2-5-9-13/h2-12H,1H3. The SMILES string of the molecule is CC(C(=O)c1ccccc1)c1snnc1-c1ccccc1. The second-order valence-corrected chi connectivity index (χ2v) is 5.59. The Hall–Kier alpha value is -2.33. The molecule has 0 aliphatic carbocycles. The van der Waals surface area contributed by atoms with E-state index in [1.54, 1.807) is 0 Å². The van der Waals surface area contributed by atoms with Crippen LogP contribution in [-0.4, -0.2) is 15.4 Å². The monoisotopic (exact) mass is 294 g/mol. The summed E-state index contributed by atoms with van der Waals surface area (Å²) >= 11 is 1.29. The fraction of sp³-hybridized carbons (Fsp3) is 0.118. The predicted octanol–water partition coefficient (Wildman–Crippen LogP) is 4.19. The molecule has 0 saturated heterocycles. The zero-order valence-corrected chi connectivity index (χ0v) is 12.4. The van der Waals surface area contributed by atoms with E-state index in [2.05, 4.69) is 9.59 Å². The van der Waals surface area contributed by atoms with Crippen molar-refractivity contribution in [2.75, 3.05) is 0 Å². The molecule has 3 nitrogen and oxygen atoms in total. The van der Waals surface area contributed by atoms with E-state index in [0.29, 0.717) is 0 Å². The van der Waals surface area contributed by atoms with Gasteiger partial charge in [-0.1, -0.05) is 72.1 Å². The number of carbonyl (C=O) groups is 1. The smallest absolute Gasteiger partial charge is 0.170 e. The van der Waals surface area contributed by atoms with Gasteiger partial charge in [-0.25, -0.2) is 0 Å². The first-order chi connectivity index (χ1) is 10.3. The van der Waals surface area contributed by atoms with Gasteiger partial charge in [0.15, 0.2) is 5.78 Å². The molecule has 0 aliphatic heterocycles. The lowest BCUT2D eigenvalue weighted by atomic mass is 9.95. The number of benzene rings is 2. The summed E-state index contributed by atoms with van der Waals surface area (Å²) in [6.45, 7) is 1.91. The maximum absolute atomic E-state index is 12.6. The Morgan fingerprint density at radius 1 is 1.00 bits per heavy atom. The van der Waals surface area contributed by atoms with Gasteiger partial charge in [0.1, 0.15) is 5.69 Å². The molecule has 1 unspecified atom stereocenters. The molecule has 1 heterocycles. The molecule has 0 N–H and O–H groups in total. The quantitative estimate of drug-likeness (QED) is 0.678. The van der Waals surface area contributed by atoms with Crippen molar-refractivity contribution in [2.45, 2.75) is 12.8 Å². The van der Waals surface area contributed by atoms with Crippen molar-refractivity contribution < 1.29 is 4.79 Å². The maximum Gasteiger partial charge on any atom is 0.170 e. The van der Waals surface area contributed by atoms with Gasteiger partial charge in [-0.2, -0.15) is 0 Å². The van der Waals surface area contributed by atoms with Crippen LogP contribution in [-0.2, 0) is 0 Å². The fourth-order valence-electron chi connectivity index (χ4n) is 2.25. The molecule has 21 heavy (non-hydrogen) atoms. The Kier molecular flexibility index (Phi) is 3.88. The third-order valence-corrected chi connectivity index (χ3v) is 4.31. The summed E-state index contributed by atoms with van der Waals surface area (Å²) in [5.41, 5.74) is 2.52. The van der Waals surface area contributed by atoms with Crippen LogP contribution >= 0.6 is 11.5 Å². The number of ketones is 1. The van der Waals surface area contributed by atoms with Crippen molar-refractivity contribution in [2.24, 2.45) is 0 Å². The molecule has 3 rings (SSSR count). The highest BCUT2D eigenvalue weighted by Crippen LogP contribution is 2.32. The molecule has 0 fully saturated rings. The molecule has 1 aromatic heterocycles. The number of Topliss-reactive ketones (excluding diaryl/α,β-unsaturated/α-hetero) is 1. The first kappa shape index (κ1) is 13.6. The zero-order valence-electron chi connectivity index (χ0n) is 11.6. The lowest BCUT2D eigenvalue weighted by molar-refractivity contribution is 0.0967. The Morgan fingerprint density at radius 3 is 2.29 bits per heavy atom. The summed E-state index contributed by atoms with van der Waals surface area (Å²) in [5.74, 6) is -0.151. The van der Waals surface area contributed by atoms with Gasteiger partial charge < -0.3 is 0 Å². The van der Waals surface area contributed by atoms with E-state index >= 15 is 0 Å². The van der Waals surface area contributed by atoms with Crippen LogP contribution in [0.1, 0.15) is 28.1 Å². The first-order valence-electron chi connectivity index (χ1n) is 6.74. The van der Waals surface area contributed by atoms with Crippen molar-refractivity contribution in [3.8, 4) is 11.3 Å². The van der Waals surface area contributed by atoms with Gasteiger partial charge in [0, 0.05) is 11.1 Å². The molecule has 0 radical (unpaired) electrons. The molecule has 0 amide bonds. The summed E-state index contributed by atoms with van der Waals surface area (Å²) in [7, 11) is 0. The summed E-state index contributed by atoms with van der Waals surface area (Å²) in [6, 6.07) is 19.2. The minimum atomic E-state index is -0.248. The highest BCUT2D eigenvalue weighted by atomic mass is 32.1. The molecule has 0 bridgehead atoms. The third-order valence-electron chi connectivity index (χ3n) is 3.41. The van der Waals surface area contributed by atoms with Crippen molar-refractivity contribution in [1.82, 2.24) is 9.59 Å². The first-order valence-corrected chi connectivity index (χ1v) is 7.51. The number of carbonyl (C=O) groups excluding carboxylic acids is 1. The Bertz CT molecular complexity index is 738. The number of rotatable bonds is 4. The fourth-order valence-corrected chi connectivity index (χ4v) is 2.97. The Balaban J connectivity index is 1.95. The lowest BCUT2D eigenvalue weighted by Gasteiger charge is -2.09. The van der Waals surface area contributed by atoms with E-state index in [-0.39, 0.29) is 11.7 Å². The molecule has 0 spiro atoms. The third kappa shape index (κ3) is 2.76. The second kappa shape index (κ2) is 5.97. The largest absolute Gasteiger partial charge is 0.293 e. The zero-order chi connectivity index (χ0) is 14.7. The normalized spacial score (nSPS) is 12.0. The molecule has 3 aromatic rings. The summed E-state index contributed by atoms with van der Waals surface area (Å²) in [4.78, 5) is 13.5. The van der Waals surface area contributed by atoms with Gasteiger partial charge in [0.05, 0.1) is 10.8 Å². The van der Waals surface area contributed by atoms with Gasteiger partial charge in [-0.15, -0.1) is 5.10 Å². The number of hydrogen-bond acceptors (Lipinski definition) is 4. The van der Waals surface area contributed by atoms with Crippen LogP contribution in [0, 0.1) is 0 Å². The van der Waals surface area contributed by atoms with Crippen molar-refractivity contribution in [3.05, 3.63) is 71.1 Å². The Morgan fingerprint density at radius 2 is 1.62 bits per heavy atom. The van der Waals surface area contributed by atoms with Crippen LogP contribution in [0.2, 0.25) is 0 Å². The van der Waals surface area contributed by atoms with Crippen molar-refractivity contribution >= 4 is 17.3 Å². The average Bonchev–Trinajstić information content (AvgIpc) is 3.04. The number of nitrogens with zero attached hydrogens (tertiary/aromatic N) is 2. The van der Waals surface area contributed by atoms with Crippen LogP contribution in [0.25, 0.3) is 11.3 Å². The number of aromatic nitrogens is 2. The van der Waals surface area contributed by atoms with Crippen molar-refractivity contribution in [1.29, 1.82) is 0 Å². The van der Waals surface area contributed by atoms with Gasteiger partial charge in [0.25, 0.3) is 0 Å². The summed E-state index contributed by atoms with van der Waals surface area (Å²) in [5, 5.41) is 4.20. The molecule has 1 atom stereocenters. The van der Waals surface area contributed by atoms with Crippen LogP contribution in [0.3, 0.4) is 0 Å². The van der Waals surface area contributed by atoms with E-state index in [4.69, 9.17) is 0 Å².